The van der Waals surface area contributed by atoms with Crippen molar-refractivity contribution in [2.45, 2.75) is 37.6 Å². The molecule has 2 N–H and O–H groups in total. The van der Waals surface area contributed by atoms with Crippen LogP contribution in [0, 0.1) is 0 Å². The van der Waals surface area contributed by atoms with Gasteiger partial charge in [0.2, 0.25) is 0 Å². The van der Waals surface area contributed by atoms with Gasteiger partial charge < -0.3 is 15.2 Å². The van der Waals surface area contributed by atoms with E-state index in [1.54, 1.807) is 12.1 Å². The van der Waals surface area contributed by atoms with Gasteiger partial charge in [0.25, 0.3) is 0 Å². The molecule has 0 spiro atoms. The van der Waals surface area contributed by atoms with E-state index in [0.717, 1.165) is 25.1 Å². The van der Waals surface area contributed by atoms with Gasteiger partial charge in [-0.25, -0.2) is 0 Å². The highest BCUT2D eigenvalue weighted by atomic mass is 19.4. The van der Waals surface area contributed by atoms with E-state index in [1.165, 1.54) is 12.1 Å². The van der Waals surface area contributed by atoms with Gasteiger partial charge >= 0.3 is 6.36 Å². The lowest BCUT2D eigenvalue weighted by atomic mass is 9.88. The van der Waals surface area contributed by atoms with Gasteiger partial charge in [0.05, 0.1) is 5.60 Å². The molecule has 112 valence electrons. The van der Waals surface area contributed by atoms with Crippen LogP contribution in [-0.4, -0.2) is 30.2 Å². The van der Waals surface area contributed by atoms with Gasteiger partial charge in [-0.3, -0.25) is 0 Å². The predicted octanol–water partition coefficient (Wildman–Crippen LogP) is 2.63. The van der Waals surface area contributed by atoms with E-state index >= 15 is 0 Å². The van der Waals surface area contributed by atoms with Crippen LogP contribution in [0.5, 0.6) is 5.75 Å². The van der Waals surface area contributed by atoms with E-state index in [9.17, 15) is 18.3 Å². The maximum absolute atomic E-state index is 12.1. The number of ether oxygens (including phenoxy) is 1. The van der Waals surface area contributed by atoms with Gasteiger partial charge in [-0.15, -0.1) is 13.2 Å². The highest BCUT2D eigenvalue weighted by Gasteiger charge is 2.31. The molecule has 1 fully saturated rings. The lowest BCUT2D eigenvalue weighted by Crippen LogP contribution is -2.32. The molecular formula is C14H18F3NO2. The maximum Gasteiger partial charge on any atom is 0.573 e. The van der Waals surface area contributed by atoms with Gasteiger partial charge in [-0.1, -0.05) is 12.1 Å². The average Bonchev–Trinajstić information content (AvgIpc) is 2.55. The van der Waals surface area contributed by atoms with Crippen LogP contribution in [0.25, 0.3) is 0 Å². The highest BCUT2D eigenvalue weighted by molar-refractivity contribution is 5.28. The van der Waals surface area contributed by atoms with Gasteiger partial charge in [-0.05, 0) is 50.0 Å². The Morgan fingerprint density at radius 3 is 2.50 bits per heavy atom. The molecule has 0 bridgehead atoms. The number of aliphatic hydroxyl groups is 1. The molecule has 2 rings (SSSR count). The Kier molecular flexibility index (Phi) is 4.55. The minimum atomic E-state index is -4.67. The van der Waals surface area contributed by atoms with Crippen LogP contribution in [0.2, 0.25) is 0 Å². The Labute approximate surface area is 115 Å². The normalized spacial score (nSPS) is 24.2. The second kappa shape index (κ2) is 6.01. The number of halogens is 3. The third kappa shape index (κ3) is 4.68. The second-order valence-corrected chi connectivity index (χ2v) is 5.20. The van der Waals surface area contributed by atoms with Crippen LogP contribution in [0.15, 0.2) is 24.3 Å². The average molecular weight is 289 g/mol. The SMILES string of the molecule is OC1(Cc2ccc(OC(F)(F)F)cc2)CCCNCC1. The first-order chi connectivity index (χ1) is 9.36. The summed E-state index contributed by atoms with van der Waals surface area (Å²) in [6.07, 6.45) is -1.99. The van der Waals surface area contributed by atoms with Crippen LogP contribution in [0.3, 0.4) is 0 Å². The molecule has 1 aromatic carbocycles. The molecule has 0 saturated carbocycles. The number of nitrogens with one attached hydrogen (secondary N) is 1. The zero-order valence-corrected chi connectivity index (χ0v) is 11.0. The Hall–Kier alpha value is -1.27. The molecule has 0 amide bonds. The van der Waals surface area contributed by atoms with Gasteiger partial charge in [0.1, 0.15) is 5.75 Å². The van der Waals surface area contributed by atoms with E-state index in [1.807, 2.05) is 0 Å². The minimum Gasteiger partial charge on any atom is -0.406 e. The summed E-state index contributed by atoms with van der Waals surface area (Å²) in [6.45, 7) is 1.65. The zero-order chi connectivity index (χ0) is 14.6. The molecule has 1 heterocycles. The fourth-order valence-electron chi connectivity index (χ4n) is 2.48. The lowest BCUT2D eigenvalue weighted by Gasteiger charge is -2.26. The van der Waals surface area contributed by atoms with E-state index in [-0.39, 0.29) is 5.75 Å². The summed E-state index contributed by atoms with van der Waals surface area (Å²) >= 11 is 0. The Morgan fingerprint density at radius 2 is 1.85 bits per heavy atom. The second-order valence-electron chi connectivity index (χ2n) is 5.20. The zero-order valence-electron chi connectivity index (χ0n) is 11.0. The largest absolute Gasteiger partial charge is 0.573 e. The third-order valence-corrected chi connectivity index (χ3v) is 3.45. The number of benzene rings is 1. The fraction of sp³-hybridized carbons (Fsp3) is 0.571. The highest BCUT2D eigenvalue weighted by Crippen LogP contribution is 2.27. The van der Waals surface area contributed by atoms with Crippen molar-refractivity contribution in [1.29, 1.82) is 0 Å². The van der Waals surface area contributed by atoms with Gasteiger partial charge in [0.15, 0.2) is 0 Å². The van der Waals surface area contributed by atoms with Crippen LogP contribution < -0.4 is 10.1 Å². The van der Waals surface area contributed by atoms with Crippen LogP contribution in [-0.2, 0) is 6.42 Å². The summed E-state index contributed by atoms with van der Waals surface area (Å²) in [4.78, 5) is 0. The van der Waals surface area contributed by atoms with Gasteiger partial charge in [0, 0.05) is 6.42 Å². The van der Waals surface area contributed by atoms with Crippen molar-refractivity contribution in [2.75, 3.05) is 13.1 Å². The maximum atomic E-state index is 12.1. The molecule has 1 aromatic rings. The molecule has 3 nitrogen and oxygen atoms in total. The van der Waals surface area contributed by atoms with Crippen LogP contribution >= 0.6 is 0 Å². The third-order valence-electron chi connectivity index (χ3n) is 3.45. The fourth-order valence-corrected chi connectivity index (χ4v) is 2.48. The van der Waals surface area contributed by atoms with E-state index in [0.29, 0.717) is 19.3 Å². The summed E-state index contributed by atoms with van der Waals surface area (Å²) in [5.41, 5.74) is 0.0273. The quantitative estimate of drug-likeness (QED) is 0.899. The van der Waals surface area contributed by atoms with Crippen molar-refractivity contribution >= 4 is 0 Å². The van der Waals surface area contributed by atoms with Crippen molar-refractivity contribution in [3.63, 3.8) is 0 Å². The summed E-state index contributed by atoms with van der Waals surface area (Å²) in [5.74, 6) is -0.240. The summed E-state index contributed by atoms with van der Waals surface area (Å²) in [6, 6.07) is 5.69. The summed E-state index contributed by atoms with van der Waals surface area (Å²) in [7, 11) is 0. The molecular weight excluding hydrogens is 271 g/mol. The lowest BCUT2D eigenvalue weighted by molar-refractivity contribution is -0.274. The van der Waals surface area contributed by atoms with Crippen LogP contribution in [0.4, 0.5) is 13.2 Å². The number of alkyl halides is 3. The Balaban J connectivity index is 1.99. The number of hydrogen-bond acceptors (Lipinski definition) is 3. The molecule has 1 unspecified atom stereocenters. The molecule has 6 heteroatoms. The Morgan fingerprint density at radius 1 is 1.15 bits per heavy atom. The summed E-state index contributed by atoms with van der Waals surface area (Å²) < 4.78 is 40.0. The molecule has 0 aromatic heterocycles. The molecule has 1 atom stereocenters. The molecule has 0 radical (unpaired) electrons. The molecule has 1 aliphatic rings. The van der Waals surface area contributed by atoms with Crippen molar-refractivity contribution in [2.24, 2.45) is 0 Å². The topological polar surface area (TPSA) is 41.5 Å². The molecule has 1 saturated heterocycles. The predicted molar refractivity (Wildman–Crippen MR) is 68.5 cm³/mol. The minimum absolute atomic E-state index is 0.240. The van der Waals surface area contributed by atoms with Crippen molar-refractivity contribution in [1.82, 2.24) is 5.32 Å². The smallest absolute Gasteiger partial charge is 0.406 e. The number of rotatable bonds is 3. The monoisotopic (exact) mass is 289 g/mol. The first-order valence-electron chi connectivity index (χ1n) is 6.64. The van der Waals surface area contributed by atoms with Crippen molar-refractivity contribution in [3.8, 4) is 5.75 Å². The molecule has 0 aliphatic carbocycles. The van der Waals surface area contributed by atoms with E-state index < -0.39 is 12.0 Å². The van der Waals surface area contributed by atoms with E-state index in [4.69, 9.17) is 0 Å². The van der Waals surface area contributed by atoms with Crippen LogP contribution in [0.1, 0.15) is 24.8 Å². The first kappa shape index (κ1) is 15.1. The molecule has 20 heavy (non-hydrogen) atoms. The van der Waals surface area contributed by atoms with E-state index in [2.05, 4.69) is 10.1 Å². The van der Waals surface area contributed by atoms with Gasteiger partial charge in [-0.2, -0.15) is 0 Å². The Bertz CT molecular complexity index is 423. The van der Waals surface area contributed by atoms with Crippen molar-refractivity contribution in [3.05, 3.63) is 29.8 Å². The summed E-state index contributed by atoms with van der Waals surface area (Å²) in [5, 5.41) is 13.7. The molecule has 1 aliphatic heterocycles. The first-order valence-corrected chi connectivity index (χ1v) is 6.64. The number of hydrogen-bond donors (Lipinski definition) is 2. The standard InChI is InChI=1S/C14H18F3NO2/c15-14(16,17)20-12-4-2-11(3-5-12)10-13(19)6-1-8-18-9-7-13/h2-5,18-19H,1,6-10H2. The van der Waals surface area contributed by atoms with Crippen molar-refractivity contribution < 1.29 is 23.0 Å².